The molecule has 2 rings (SSSR count). The second kappa shape index (κ2) is 7.88. The summed E-state index contributed by atoms with van der Waals surface area (Å²) in [5.41, 5.74) is 0.761. The van der Waals surface area contributed by atoms with Crippen molar-refractivity contribution in [2.24, 2.45) is 5.92 Å². The van der Waals surface area contributed by atoms with Crippen molar-refractivity contribution in [1.82, 2.24) is 24.3 Å². The first-order valence-electron chi connectivity index (χ1n) is 7.54. The molecule has 0 atom stereocenters. The molecule has 0 radical (unpaired) electrons. The lowest BCUT2D eigenvalue weighted by Gasteiger charge is -2.31. The fraction of sp³-hybridized carbons (Fsp3) is 0.769. The van der Waals surface area contributed by atoms with Gasteiger partial charge in [0.25, 0.3) is 10.2 Å². The maximum absolute atomic E-state index is 12.2. The average molecular weight is 315 g/mol. The molecule has 7 nitrogen and oxygen atoms in total. The number of hydrogen-bond donors (Lipinski definition) is 3. The molecular weight excluding hydrogens is 290 g/mol. The third-order valence-electron chi connectivity index (χ3n) is 3.77. The third kappa shape index (κ3) is 5.06. The largest absolute Gasteiger partial charge is 0.347 e. The Labute approximate surface area is 126 Å². The molecule has 1 aromatic rings. The van der Waals surface area contributed by atoms with Crippen LogP contribution < -0.4 is 10.0 Å². The number of hydrogen-bond acceptors (Lipinski definition) is 4. The Bertz CT molecular complexity index is 495. The quantitative estimate of drug-likeness (QED) is 0.608. The van der Waals surface area contributed by atoms with Gasteiger partial charge in [-0.1, -0.05) is 6.92 Å². The van der Waals surface area contributed by atoms with Gasteiger partial charge in [0.1, 0.15) is 0 Å². The van der Waals surface area contributed by atoms with Gasteiger partial charge in [0, 0.05) is 25.0 Å². The van der Waals surface area contributed by atoms with Crippen LogP contribution in [0.15, 0.2) is 12.5 Å². The highest BCUT2D eigenvalue weighted by Gasteiger charge is 2.27. The molecule has 0 bridgehead atoms. The molecule has 8 heteroatoms. The summed E-state index contributed by atoms with van der Waals surface area (Å²) in [5, 5.41) is 3.41. The molecule has 2 heterocycles. The highest BCUT2D eigenvalue weighted by atomic mass is 32.2. The van der Waals surface area contributed by atoms with E-state index in [1.165, 1.54) is 0 Å². The molecule has 21 heavy (non-hydrogen) atoms. The molecule has 0 saturated carbocycles. The van der Waals surface area contributed by atoms with Gasteiger partial charge >= 0.3 is 0 Å². The van der Waals surface area contributed by atoms with Gasteiger partial charge in [0.15, 0.2) is 0 Å². The SMILES string of the molecule is CCCNCC1CCN(S(=O)(=O)NCc2cnc[nH]2)CC1. The Kier molecular flexibility index (Phi) is 6.16. The molecule has 1 saturated heterocycles. The van der Waals surface area contributed by atoms with Gasteiger partial charge in [-0.2, -0.15) is 17.4 Å². The molecule has 0 unspecified atom stereocenters. The number of nitrogens with zero attached hydrogens (tertiary/aromatic N) is 2. The van der Waals surface area contributed by atoms with Crippen molar-refractivity contribution >= 4 is 10.2 Å². The predicted octanol–water partition coefficient (Wildman–Crippen LogP) is 0.456. The Balaban J connectivity index is 1.75. The van der Waals surface area contributed by atoms with E-state index >= 15 is 0 Å². The van der Waals surface area contributed by atoms with Gasteiger partial charge in [0.2, 0.25) is 0 Å². The molecule has 0 amide bonds. The van der Waals surface area contributed by atoms with Crippen molar-refractivity contribution in [2.75, 3.05) is 26.2 Å². The highest BCUT2D eigenvalue weighted by Crippen LogP contribution is 2.18. The van der Waals surface area contributed by atoms with Crippen LogP contribution in [0.5, 0.6) is 0 Å². The molecule has 1 aromatic heterocycles. The molecular formula is C13H25N5O2S. The first-order chi connectivity index (χ1) is 10.1. The standard InChI is InChI=1S/C13H25N5O2S/c1-2-5-14-8-12-3-6-18(7-4-12)21(19,20)17-10-13-9-15-11-16-13/h9,11-12,14,17H,2-8,10H2,1H3,(H,15,16). The maximum atomic E-state index is 12.2. The second-order valence-electron chi connectivity index (χ2n) is 5.45. The molecule has 1 fully saturated rings. The van der Waals surface area contributed by atoms with Gasteiger partial charge < -0.3 is 10.3 Å². The molecule has 1 aliphatic heterocycles. The molecule has 120 valence electrons. The van der Waals surface area contributed by atoms with E-state index in [1.54, 1.807) is 16.8 Å². The van der Waals surface area contributed by atoms with Gasteiger partial charge in [0.05, 0.1) is 12.9 Å². The summed E-state index contributed by atoms with van der Waals surface area (Å²) in [4.78, 5) is 6.75. The zero-order valence-electron chi connectivity index (χ0n) is 12.5. The lowest BCUT2D eigenvalue weighted by atomic mass is 9.98. The molecule has 3 N–H and O–H groups in total. The highest BCUT2D eigenvalue weighted by molar-refractivity contribution is 7.87. The first kappa shape index (κ1) is 16.4. The number of piperidine rings is 1. The summed E-state index contributed by atoms with van der Waals surface area (Å²) in [5.74, 6) is 0.579. The van der Waals surface area contributed by atoms with Gasteiger partial charge in [-0.3, -0.25) is 0 Å². The van der Waals surface area contributed by atoms with Crippen molar-refractivity contribution in [3.8, 4) is 0 Å². The Hall–Kier alpha value is -0.960. The second-order valence-corrected chi connectivity index (χ2v) is 7.20. The van der Waals surface area contributed by atoms with Crippen LogP contribution in [0, 0.1) is 5.92 Å². The van der Waals surface area contributed by atoms with E-state index in [0.29, 0.717) is 19.0 Å². The molecule has 0 aromatic carbocycles. The van der Waals surface area contributed by atoms with E-state index in [1.807, 2.05) is 0 Å². The summed E-state index contributed by atoms with van der Waals surface area (Å²) in [6, 6.07) is 0. The van der Waals surface area contributed by atoms with E-state index in [9.17, 15) is 8.42 Å². The van der Waals surface area contributed by atoms with Crippen LogP contribution >= 0.6 is 0 Å². The number of rotatable bonds is 8. The van der Waals surface area contributed by atoms with Crippen molar-refractivity contribution in [3.05, 3.63) is 18.2 Å². The number of aromatic nitrogens is 2. The number of nitrogens with one attached hydrogen (secondary N) is 3. The van der Waals surface area contributed by atoms with Crippen LogP contribution in [-0.4, -0.2) is 48.9 Å². The van der Waals surface area contributed by atoms with E-state index < -0.39 is 10.2 Å². The lowest BCUT2D eigenvalue weighted by molar-refractivity contribution is 0.265. The number of aromatic amines is 1. The number of imidazole rings is 1. The van der Waals surface area contributed by atoms with Crippen LogP contribution in [0.3, 0.4) is 0 Å². The van der Waals surface area contributed by atoms with Crippen LogP contribution in [0.1, 0.15) is 31.9 Å². The monoisotopic (exact) mass is 315 g/mol. The minimum atomic E-state index is -3.39. The summed E-state index contributed by atoms with van der Waals surface area (Å²) >= 11 is 0. The fourth-order valence-electron chi connectivity index (χ4n) is 2.48. The summed E-state index contributed by atoms with van der Waals surface area (Å²) in [6.07, 6.45) is 6.13. The molecule has 0 aliphatic carbocycles. The minimum Gasteiger partial charge on any atom is -0.347 e. The topological polar surface area (TPSA) is 90.1 Å². The van der Waals surface area contributed by atoms with Crippen LogP contribution in [0.2, 0.25) is 0 Å². The molecule has 1 aliphatic rings. The zero-order valence-corrected chi connectivity index (χ0v) is 13.3. The van der Waals surface area contributed by atoms with E-state index in [0.717, 1.165) is 38.0 Å². The van der Waals surface area contributed by atoms with Gasteiger partial charge in [-0.05, 0) is 38.3 Å². The van der Waals surface area contributed by atoms with E-state index in [2.05, 4.69) is 26.9 Å². The summed E-state index contributed by atoms with van der Waals surface area (Å²) in [6.45, 7) is 5.61. The predicted molar refractivity (Wildman–Crippen MR) is 81.8 cm³/mol. The van der Waals surface area contributed by atoms with Gasteiger partial charge in [-0.15, -0.1) is 0 Å². The molecule has 0 spiro atoms. The fourth-order valence-corrected chi connectivity index (χ4v) is 3.69. The van der Waals surface area contributed by atoms with Gasteiger partial charge in [-0.25, -0.2) is 4.98 Å². The minimum absolute atomic E-state index is 0.250. The normalized spacial score (nSPS) is 18.1. The summed E-state index contributed by atoms with van der Waals surface area (Å²) < 4.78 is 28.6. The van der Waals surface area contributed by atoms with Crippen LogP contribution in [0.25, 0.3) is 0 Å². The third-order valence-corrected chi connectivity index (χ3v) is 5.33. The number of H-pyrrole nitrogens is 1. The van der Waals surface area contributed by atoms with Crippen molar-refractivity contribution in [2.45, 2.75) is 32.7 Å². The zero-order chi connectivity index (χ0) is 15.1. The average Bonchev–Trinajstić information content (AvgIpc) is 3.00. The Morgan fingerprint density at radius 1 is 1.43 bits per heavy atom. The van der Waals surface area contributed by atoms with Crippen molar-refractivity contribution in [1.29, 1.82) is 0 Å². The van der Waals surface area contributed by atoms with Crippen molar-refractivity contribution in [3.63, 3.8) is 0 Å². The van der Waals surface area contributed by atoms with Crippen LogP contribution in [-0.2, 0) is 16.8 Å². The Morgan fingerprint density at radius 3 is 2.81 bits per heavy atom. The first-order valence-corrected chi connectivity index (χ1v) is 8.98. The van der Waals surface area contributed by atoms with E-state index in [4.69, 9.17) is 0 Å². The van der Waals surface area contributed by atoms with E-state index in [-0.39, 0.29) is 6.54 Å². The van der Waals surface area contributed by atoms with Crippen molar-refractivity contribution < 1.29 is 8.42 Å². The smallest absolute Gasteiger partial charge is 0.279 e. The summed E-state index contributed by atoms with van der Waals surface area (Å²) in [7, 11) is -3.39. The maximum Gasteiger partial charge on any atom is 0.279 e. The Morgan fingerprint density at radius 2 is 2.19 bits per heavy atom. The van der Waals surface area contributed by atoms with Crippen LogP contribution in [0.4, 0.5) is 0 Å². The lowest BCUT2D eigenvalue weighted by Crippen LogP contribution is -2.45.